The Morgan fingerprint density at radius 2 is 1.92 bits per heavy atom. The fourth-order valence-electron chi connectivity index (χ4n) is 2.99. The van der Waals surface area contributed by atoms with Gasteiger partial charge in [0.1, 0.15) is 5.75 Å². The second-order valence-electron chi connectivity index (χ2n) is 6.32. The molecule has 1 aromatic carbocycles. The molecule has 0 bridgehead atoms. The molecule has 1 aromatic rings. The number of ether oxygens (including phenoxy) is 1. The van der Waals surface area contributed by atoms with Crippen molar-refractivity contribution in [1.29, 1.82) is 0 Å². The second-order valence-corrected chi connectivity index (χ2v) is 6.72. The van der Waals surface area contributed by atoms with E-state index in [4.69, 9.17) is 22.1 Å². The number of likely N-dealkylation sites (N-methyl/N-ethyl adjacent to an activating group) is 1. The van der Waals surface area contributed by atoms with E-state index in [1.165, 1.54) is 0 Å². The first-order valence-electron chi connectivity index (χ1n) is 8.70. The molecule has 0 unspecified atom stereocenters. The zero-order valence-electron chi connectivity index (χ0n) is 14.8. The van der Waals surface area contributed by atoms with Gasteiger partial charge in [0, 0.05) is 18.8 Å². The summed E-state index contributed by atoms with van der Waals surface area (Å²) in [6, 6.07) is 4.94. The van der Waals surface area contributed by atoms with E-state index in [0.29, 0.717) is 42.4 Å². The van der Waals surface area contributed by atoms with Crippen LogP contribution in [0.3, 0.4) is 0 Å². The monoisotopic (exact) mass is 367 g/mol. The number of nitrogens with two attached hydrogens (primary N) is 1. The Morgan fingerprint density at radius 3 is 2.48 bits per heavy atom. The number of rotatable bonds is 7. The van der Waals surface area contributed by atoms with Gasteiger partial charge in [-0.25, -0.2) is 0 Å². The molecule has 0 spiro atoms. The van der Waals surface area contributed by atoms with Crippen LogP contribution < -0.4 is 15.8 Å². The highest BCUT2D eigenvalue weighted by Gasteiger charge is 2.37. The SMILES string of the molecule is CCN(CC)C(=O)COc1ccc(NC(=O)C2(N)CCCC2)cc1Cl. The van der Waals surface area contributed by atoms with Crippen molar-refractivity contribution in [3.05, 3.63) is 23.2 Å². The quantitative estimate of drug-likeness (QED) is 0.776. The molecule has 2 rings (SSSR count). The van der Waals surface area contributed by atoms with Crippen LogP contribution in [0, 0.1) is 0 Å². The molecule has 1 fully saturated rings. The maximum Gasteiger partial charge on any atom is 0.260 e. The molecule has 138 valence electrons. The summed E-state index contributed by atoms with van der Waals surface area (Å²) in [7, 11) is 0. The van der Waals surface area contributed by atoms with Crippen LogP contribution in [0.25, 0.3) is 0 Å². The standard InChI is InChI=1S/C18H26ClN3O3/c1-3-22(4-2)16(23)12-25-15-8-7-13(11-14(15)19)21-17(24)18(20)9-5-6-10-18/h7-8,11H,3-6,9-10,12,20H2,1-2H3,(H,21,24). The van der Waals surface area contributed by atoms with Crippen molar-refractivity contribution in [3.8, 4) is 5.75 Å². The molecule has 0 atom stereocenters. The molecular formula is C18H26ClN3O3. The number of hydrogen-bond acceptors (Lipinski definition) is 4. The number of carbonyl (C=O) groups is 2. The first-order valence-corrected chi connectivity index (χ1v) is 9.08. The van der Waals surface area contributed by atoms with E-state index in [0.717, 1.165) is 12.8 Å². The van der Waals surface area contributed by atoms with Crippen LogP contribution >= 0.6 is 11.6 Å². The number of nitrogens with one attached hydrogen (secondary N) is 1. The molecule has 0 heterocycles. The summed E-state index contributed by atoms with van der Waals surface area (Å²) in [4.78, 5) is 26.0. The summed E-state index contributed by atoms with van der Waals surface area (Å²) in [6.45, 7) is 5.04. The third-order valence-corrected chi connectivity index (χ3v) is 4.90. The first kappa shape index (κ1) is 19.5. The maximum absolute atomic E-state index is 12.3. The minimum atomic E-state index is -0.794. The molecule has 7 heteroatoms. The summed E-state index contributed by atoms with van der Waals surface area (Å²) in [6.07, 6.45) is 3.33. The molecule has 1 saturated carbocycles. The highest BCUT2D eigenvalue weighted by molar-refractivity contribution is 6.32. The zero-order chi connectivity index (χ0) is 18.4. The molecular weight excluding hydrogens is 342 g/mol. The second kappa shape index (κ2) is 8.54. The van der Waals surface area contributed by atoms with Gasteiger partial charge >= 0.3 is 0 Å². The Kier molecular flexibility index (Phi) is 6.67. The average molecular weight is 368 g/mol. The molecule has 1 aliphatic rings. The van der Waals surface area contributed by atoms with E-state index in [9.17, 15) is 9.59 Å². The fraction of sp³-hybridized carbons (Fsp3) is 0.556. The highest BCUT2D eigenvalue weighted by atomic mass is 35.5. The van der Waals surface area contributed by atoms with Gasteiger partial charge in [-0.15, -0.1) is 0 Å². The third kappa shape index (κ3) is 4.86. The number of halogens is 1. The van der Waals surface area contributed by atoms with E-state index >= 15 is 0 Å². The van der Waals surface area contributed by atoms with Crippen LogP contribution in [0.15, 0.2) is 18.2 Å². The normalized spacial score (nSPS) is 15.7. The lowest BCUT2D eigenvalue weighted by molar-refractivity contribution is -0.133. The smallest absolute Gasteiger partial charge is 0.260 e. The average Bonchev–Trinajstić information content (AvgIpc) is 3.03. The lowest BCUT2D eigenvalue weighted by atomic mass is 9.98. The Hall–Kier alpha value is -1.79. The van der Waals surface area contributed by atoms with Gasteiger partial charge < -0.3 is 20.7 Å². The van der Waals surface area contributed by atoms with Crippen LogP contribution in [0.2, 0.25) is 5.02 Å². The molecule has 0 radical (unpaired) electrons. The summed E-state index contributed by atoms with van der Waals surface area (Å²) in [5.74, 6) is 0.125. The molecule has 1 aliphatic carbocycles. The maximum atomic E-state index is 12.3. The summed E-state index contributed by atoms with van der Waals surface area (Å²) < 4.78 is 5.50. The van der Waals surface area contributed by atoms with Crippen LogP contribution in [0.1, 0.15) is 39.5 Å². The van der Waals surface area contributed by atoms with Gasteiger partial charge in [-0.3, -0.25) is 9.59 Å². The molecule has 0 saturated heterocycles. The van der Waals surface area contributed by atoms with Gasteiger partial charge in [0.2, 0.25) is 5.91 Å². The lowest BCUT2D eigenvalue weighted by Gasteiger charge is -2.22. The Labute approximate surface area is 153 Å². The van der Waals surface area contributed by atoms with E-state index in [2.05, 4.69) is 5.32 Å². The van der Waals surface area contributed by atoms with E-state index < -0.39 is 5.54 Å². The van der Waals surface area contributed by atoms with Crippen molar-refractivity contribution in [2.45, 2.75) is 45.1 Å². The molecule has 0 aliphatic heterocycles. The predicted molar refractivity (Wildman–Crippen MR) is 98.9 cm³/mol. The van der Waals surface area contributed by atoms with Crippen molar-refractivity contribution in [1.82, 2.24) is 4.90 Å². The zero-order valence-corrected chi connectivity index (χ0v) is 15.6. The summed E-state index contributed by atoms with van der Waals surface area (Å²) in [5.41, 5.74) is 5.91. The molecule has 3 N–H and O–H groups in total. The van der Waals surface area contributed by atoms with Crippen molar-refractivity contribution >= 4 is 29.1 Å². The van der Waals surface area contributed by atoms with Gasteiger partial charge in [0.05, 0.1) is 10.6 Å². The molecule has 6 nitrogen and oxygen atoms in total. The largest absolute Gasteiger partial charge is 0.482 e. The van der Waals surface area contributed by atoms with Gasteiger partial charge in [-0.1, -0.05) is 24.4 Å². The topological polar surface area (TPSA) is 84.7 Å². The molecule has 25 heavy (non-hydrogen) atoms. The number of anilines is 1. The van der Waals surface area contributed by atoms with Gasteiger partial charge in [-0.05, 0) is 44.9 Å². The van der Waals surface area contributed by atoms with Crippen molar-refractivity contribution in [2.75, 3.05) is 25.0 Å². The van der Waals surface area contributed by atoms with Gasteiger partial charge in [0.25, 0.3) is 5.91 Å². The molecule has 2 amide bonds. The number of carbonyl (C=O) groups excluding carboxylic acids is 2. The van der Waals surface area contributed by atoms with Crippen LogP contribution in [-0.2, 0) is 9.59 Å². The van der Waals surface area contributed by atoms with Gasteiger partial charge in [-0.2, -0.15) is 0 Å². The van der Waals surface area contributed by atoms with Crippen molar-refractivity contribution < 1.29 is 14.3 Å². The number of hydrogen-bond donors (Lipinski definition) is 2. The Morgan fingerprint density at radius 1 is 1.28 bits per heavy atom. The van der Waals surface area contributed by atoms with E-state index in [-0.39, 0.29) is 18.4 Å². The molecule has 0 aromatic heterocycles. The van der Waals surface area contributed by atoms with Crippen molar-refractivity contribution in [3.63, 3.8) is 0 Å². The lowest BCUT2D eigenvalue weighted by Crippen LogP contribution is -2.48. The highest BCUT2D eigenvalue weighted by Crippen LogP contribution is 2.31. The van der Waals surface area contributed by atoms with Crippen LogP contribution in [-0.4, -0.2) is 41.9 Å². The number of benzene rings is 1. The van der Waals surface area contributed by atoms with E-state index in [1.807, 2.05) is 13.8 Å². The predicted octanol–water partition coefficient (Wildman–Crippen LogP) is 2.80. The first-order chi connectivity index (χ1) is 11.9. The number of amides is 2. The summed E-state index contributed by atoms with van der Waals surface area (Å²) in [5, 5.41) is 3.15. The van der Waals surface area contributed by atoms with Crippen LogP contribution in [0.5, 0.6) is 5.75 Å². The van der Waals surface area contributed by atoms with E-state index in [1.54, 1.807) is 23.1 Å². The van der Waals surface area contributed by atoms with Crippen LogP contribution in [0.4, 0.5) is 5.69 Å². The van der Waals surface area contributed by atoms with Gasteiger partial charge in [0.15, 0.2) is 6.61 Å². The minimum Gasteiger partial charge on any atom is -0.482 e. The minimum absolute atomic E-state index is 0.0704. The fourth-order valence-corrected chi connectivity index (χ4v) is 3.23. The summed E-state index contributed by atoms with van der Waals surface area (Å²) >= 11 is 6.21. The van der Waals surface area contributed by atoms with Crippen molar-refractivity contribution in [2.24, 2.45) is 5.73 Å². The number of nitrogens with zero attached hydrogens (tertiary/aromatic N) is 1. The Bertz CT molecular complexity index is 626. The third-order valence-electron chi connectivity index (χ3n) is 4.61. The Balaban J connectivity index is 1.96.